The summed E-state index contributed by atoms with van der Waals surface area (Å²) in [6.07, 6.45) is -2.66. The summed E-state index contributed by atoms with van der Waals surface area (Å²) in [6.45, 7) is 2.48. The van der Waals surface area contributed by atoms with E-state index in [2.05, 4.69) is 10.6 Å². The standard InChI is InChI=1S/C13H23F3N2O2/c1-9(12(19)17-6-7-20-2)18-11-5-3-4-10(8-11)13(14,15)16/h9-11,18H,3-8H2,1-2H3,(H,17,19). The molecule has 0 aromatic carbocycles. The molecule has 118 valence electrons. The SMILES string of the molecule is COCCNC(=O)C(C)NC1CCCC(C(F)(F)F)C1. The number of alkyl halides is 3. The van der Waals surface area contributed by atoms with Gasteiger partial charge in [-0.1, -0.05) is 6.42 Å². The van der Waals surface area contributed by atoms with Crippen LogP contribution >= 0.6 is 0 Å². The number of ether oxygens (including phenoxy) is 1. The van der Waals surface area contributed by atoms with E-state index in [4.69, 9.17) is 4.74 Å². The molecule has 3 atom stereocenters. The van der Waals surface area contributed by atoms with Crippen LogP contribution < -0.4 is 10.6 Å². The summed E-state index contributed by atoms with van der Waals surface area (Å²) in [5.74, 6) is -1.46. The molecule has 0 spiro atoms. The third-order valence-electron chi connectivity index (χ3n) is 3.62. The number of hydrogen-bond acceptors (Lipinski definition) is 3. The number of carbonyl (C=O) groups is 1. The molecule has 4 nitrogen and oxygen atoms in total. The quantitative estimate of drug-likeness (QED) is 0.736. The predicted octanol–water partition coefficient (Wildman–Crippen LogP) is 1.85. The van der Waals surface area contributed by atoms with Crippen molar-refractivity contribution in [3.63, 3.8) is 0 Å². The number of carbonyl (C=O) groups excluding carboxylic acids is 1. The molecular weight excluding hydrogens is 273 g/mol. The van der Waals surface area contributed by atoms with Crippen molar-refractivity contribution in [2.45, 2.75) is 50.9 Å². The van der Waals surface area contributed by atoms with E-state index in [-0.39, 0.29) is 24.8 Å². The van der Waals surface area contributed by atoms with Crippen molar-refractivity contribution >= 4 is 5.91 Å². The van der Waals surface area contributed by atoms with Crippen molar-refractivity contribution in [2.24, 2.45) is 5.92 Å². The van der Waals surface area contributed by atoms with Gasteiger partial charge in [0.1, 0.15) is 0 Å². The Hall–Kier alpha value is -0.820. The number of halogens is 3. The van der Waals surface area contributed by atoms with Gasteiger partial charge in [0.15, 0.2) is 0 Å². The van der Waals surface area contributed by atoms with Gasteiger partial charge in [0.2, 0.25) is 5.91 Å². The number of nitrogens with one attached hydrogen (secondary N) is 2. The molecule has 0 aromatic heterocycles. The van der Waals surface area contributed by atoms with E-state index in [9.17, 15) is 18.0 Å². The summed E-state index contributed by atoms with van der Waals surface area (Å²) < 4.78 is 42.9. The van der Waals surface area contributed by atoms with E-state index in [1.807, 2.05) is 0 Å². The van der Waals surface area contributed by atoms with Crippen molar-refractivity contribution in [1.29, 1.82) is 0 Å². The van der Waals surface area contributed by atoms with Crippen LogP contribution in [0.4, 0.5) is 13.2 Å². The molecule has 3 unspecified atom stereocenters. The molecule has 20 heavy (non-hydrogen) atoms. The zero-order valence-electron chi connectivity index (χ0n) is 11.9. The van der Waals surface area contributed by atoms with Gasteiger partial charge >= 0.3 is 6.18 Å². The Bertz CT molecular complexity index is 310. The van der Waals surface area contributed by atoms with Gasteiger partial charge in [-0.2, -0.15) is 13.2 Å². The van der Waals surface area contributed by atoms with Crippen LogP contribution in [0.15, 0.2) is 0 Å². The molecule has 1 aliphatic carbocycles. The fourth-order valence-corrected chi connectivity index (χ4v) is 2.50. The maximum absolute atomic E-state index is 12.7. The molecule has 7 heteroatoms. The third kappa shape index (κ3) is 5.66. The third-order valence-corrected chi connectivity index (χ3v) is 3.62. The van der Waals surface area contributed by atoms with E-state index < -0.39 is 18.1 Å². The first-order valence-corrected chi connectivity index (χ1v) is 6.94. The number of rotatable bonds is 6. The summed E-state index contributed by atoms with van der Waals surface area (Å²) in [5.41, 5.74) is 0. The van der Waals surface area contributed by atoms with Crippen molar-refractivity contribution in [2.75, 3.05) is 20.3 Å². The van der Waals surface area contributed by atoms with Crippen LogP contribution in [0, 0.1) is 5.92 Å². The average Bonchev–Trinajstić information content (AvgIpc) is 2.38. The number of methoxy groups -OCH3 is 1. The molecule has 0 radical (unpaired) electrons. The van der Waals surface area contributed by atoms with Gasteiger partial charge in [0.25, 0.3) is 0 Å². The first-order valence-electron chi connectivity index (χ1n) is 6.94. The summed E-state index contributed by atoms with van der Waals surface area (Å²) in [6, 6.07) is -0.748. The number of amides is 1. The van der Waals surface area contributed by atoms with Crippen LogP contribution in [-0.4, -0.2) is 44.4 Å². The Balaban J connectivity index is 2.37. The summed E-state index contributed by atoms with van der Waals surface area (Å²) in [5, 5.41) is 5.66. The monoisotopic (exact) mass is 296 g/mol. The normalized spacial score (nSPS) is 25.2. The minimum Gasteiger partial charge on any atom is -0.383 e. The lowest BCUT2D eigenvalue weighted by molar-refractivity contribution is -0.183. The van der Waals surface area contributed by atoms with Crippen LogP contribution in [0.1, 0.15) is 32.6 Å². The zero-order valence-corrected chi connectivity index (χ0v) is 11.9. The highest BCUT2D eigenvalue weighted by Gasteiger charge is 2.42. The van der Waals surface area contributed by atoms with Gasteiger partial charge in [0.05, 0.1) is 18.6 Å². The molecule has 0 bridgehead atoms. The lowest BCUT2D eigenvalue weighted by atomic mass is 9.85. The number of hydrogen-bond donors (Lipinski definition) is 2. The van der Waals surface area contributed by atoms with Crippen molar-refractivity contribution in [3.05, 3.63) is 0 Å². The van der Waals surface area contributed by atoms with Crippen molar-refractivity contribution < 1.29 is 22.7 Å². The lowest BCUT2D eigenvalue weighted by Crippen LogP contribution is -2.49. The molecule has 1 amide bonds. The largest absolute Gasteiger partial charge is 0.391 e. The highest BCUT2D eigenvalue weighted by atomic mass is 19.4. The molecule has 0 aromatic rings. The second-order valence-corrected chi connectivity index (χ2v) is 5.27. The van der Waals surface area contributed by atoms with Crippen LogP contribution in [0.3, 0.4) is 0 Å². The maximum atomic E-state index is 12.7. The van der Waals surface area contributed by atoms with E-state index in [0.29, 0.717) is 26.0 Å². The Morgan fingerprint density at radius 1 is 1.40 bits per heavy atom. The Labute approximate surface area is 117 Å². The summed E-state index contributed by atoms with van der Waals surface area (Å²) in [4.78, 5) is 11.7. The van der Waals surface area contributed by atoms with E-state index in [1.165, 1.54) is 7.11 Å². The molecule has 0 saturated heterocycles. The second-order valence-electron chi connectivity index (χ2n) is 5.27. The van der Waals surface area contributed by atoms with E-state index in [1.54, 1.807) is 6.92 Å². The molecule has 0 heterocycles. The molecule has 1 saturated carbocycles. The van der Waals surface area contributed by atoms with Crippen LogP contribution in [0.25, 0.3) is 0 Å². The first-order chi connectivity index (χ1) is 9.34. The minimum atomic E-state index is -4.13. The molecule has 1 rings (SSSR count). The molecule has 2 N–H and O–H groups in total. The van der Waals surface area contributed by atoms with Crippen molar-refractivity contribution in [1.82, 2.24) is 10.6 Å². The van der Waals surface area contributed by atoms with Crippen LogP contribution in [0.5, 0.6) is 0 Å². The smallest absolute Gasteiger partial charge is 0.383 e. The van der Waals surface area contributed by atoms with Gasteiger partial charge in [-0.15, -0.1) is 0 Å². The van der Waals surface area contributed by atoms with Gasteiger partial charge in [-0.05, 0) is 26.2 Å². The van der Waals surface area contributed by atoms with Crippen molar-refractivity contribution in [3.8, 4) is 0 Å². The first kappa shape index (κ1) is 17.2. The second kappa shape index (κ2) is 7.83. The van der Waals surface area contributed by atoms with Crippen LogP contribution in [-0.2, 0) is 9.53 Å². The van der Waals surface area contributed by atoms with E-state index >= 15 is 0 Å². The van der Waals surface area contributed by atoms with Crippen LogP contribution in [0.2, 0.25) is 0 Å². The minimum absolute atomic E-state index is 0.0548. The maximum Gasteiger partial charge on any atom is 0.391 e. The highest BCUT2D eigenvalue weighted by molar-refractivity contribution is 5.81. The van der Waals surface area contributed by atoms with E-state index in [0.717, 1.165) is 0 Å². The molecule has 1 aliphatic rings. The fraction of sp³-hybridized carbons (Fsp3) is 0.923. The van der Waals surface area contributed by atoms with Gasteiger partial charge in [-0.3, -0.25) is 4.79 Å². The Morgan fingerprint density at radius 2 is 2.10 bits per heavy atom. The zero-order chi connectivity index (χ0) is 15.2. The molecular formula is C13H23F3N2O2. The average molecular weight is 296 g/mol. The predicted molar refractivity (Wildman–Crippen MR) is 69.3 cm³/mol. The van der Waals surface area contributed by atoms with Gasteiger partial charge < -0.3 is 15.4 Å². The van der Waals surface area contributed by atoms with Gasteiger partial charge in [0, 0.05) is 19.7 Å². The summed E-state index contributed by atoms with van der Waals surface area (Å²) >= 11 is 0. The Kier molecular flexibility index (Phi) is 6.75. The fourth-order valence-electron chi connectivity index (χ4n) is 2.50. The lowest BCUT2D eigenvalue weighted by Gasteiger charge is -2.32. The topological polar surface area (TPSA) is 50.4 Å². The summed E-state index contributed by atoms with van der Waals surface area (Å²) in [7, 11) is 1.53. The van der Waals surface area contributed by atoms with Gasteiger partial charge in [-0.25, -0.2) is 0 Å². The molecule has 1 fully saturated rings. The Morgan fingerprint density at radius 3 is 2.70 bits per heavy atom. The highest BCUT2D eigenvalue weighted by Crippen LogP contribution is 2.37. The molecule has 0 aliphatic heterocycles.